The second kappa shape index (κ2) is 6.47. The second-order valence-corrected chi connectivity index (χ2v) is 4.80. The molecular formula is C14H18FN3O2. The summed E-state index contributed by atoms with van der Waals surface area (Å²) in [4.78, 5) is 27.2. The maximum Gasteiger partial charge on any atom is 0.254 e. The predicted molar refractivity (Wildman–Crippen MR) is 72.8 cm³/mol. The molecular weight excluding hydrogens is 261 g/mol. The molecule has 1 aliphatic rings. The number of piperazine rings is 1. The Bertz CT molecular complexity index is 484. The number of carbonyl (C=O) groups excluding carboxylic acids is 2. The average Bonchev–Trinajstić information content (AvgIpc) is 2.48. The number of hydrogen-bond donors (Lipinski definition) is 1. The Balaban J connectivity index is 1.93. The first kappa shape index (κ1) is 14.5. The van der Waals surface area contributed by atoms with Crippen LogP contribution >= 0.6 is 0 Å². The van der Waals surface area contributed by atoms with Crippen LogP contribution in [0.25, 0.3) is 0 Å². The van der Waals surface area contributed by atoms with E-state index >= 15 is 0 Å². The van der Waals surface area contributed by atoms with E-state index in [0.29, 0.717) is 18.7 Å². The van der Waals surface area contributed by atoms with Gasteiger partial charge in [-0.3, -0.25) is 9.59 Å². The third-order valence-corrected chi connectivity index (χ3v) is 3.28. The summed E-state index contributed by atoms with van der Waals surface area (Å²) >= 11 is 0. The first-order valence-corrected chi connectivity index (χ1v) is 6.57. The van der Waals surface area contributed by atoms with Crippen LogP contribution in [0.4, 0.5) is 4.39 Å². The highest BCUT2D eigenvalue weighted by Crippen LogP contribution is 2.06. The quantitative estimate of drug-likeness (QED) is 0.867. The summed E-state index contributed by atoms with van der Waals surface area (Å²) in [5, 5.41) is 3.17. The summed E-state index contributed by atoms with van der Waals surface area (Å²) < 4.78 is 12.8. The number of benzene rings is 1. The molecule has 0 spiro atoms. The van der Waals surface area contributed by atoms with Crippen molar-refractivity contribution in [3.63, 3.8) is 0 Å². The van der Waals surface area contributed by atoms with Crippen LogP contribution in [-0.2, 0) is 4.79 Å². The Hall–Kier alpha value is -1.95. The lowest BCUT2D eigenvalue weighted by atomic mass is 10.2. The van der Waals surface area contributed by atoms with Crippen molar-refractivity contribution in [2.45, 2.75) is 0 Å². The van der Waals surface area contributed by atoms with Crippen LogP contribution in [0.1, 0.15) is 10.4 Å². The maximum absolute atomic E-state index is 12.8. The Labute approximate surface area is 117 Å². The lowest BCUT2D eigenvalue weighted by molar-refractivity contribution is -0.132. The summed E-state index contributed by atoms with van der Waals surface area (Å²) in [5.41, 5.74) is 0.377. The Morgan fingerprint density at radius 1 is 1.25 bits per heavy atom. The molecule has 5 nitrogen and oxygen atoms in total. The lowest BCUT2D eigenvalue weighted by Crippen LogP contribution is -2.49. The molecule has 20 heavy (non-hydrogen) atoms. The van der Waals surface area contributed by atoms with Gasteiger partial charge in [0.15, 0.2) is 0 Å². The smallest absolute Gasteiger partial charge is 0.254 e. The minimum atomic E-state index is -0.388. The number of likely N-dealkylation sites (N-methyl/N-ethyl adjacent to an activating group) is 1. The van der Waals surface area contributed by atoms with Crippen molar-refractivity contribution in [1.82, 2.24) is 15.1 Å². The van der Waals surface area contributed by atoms with Crippen molar-refractivity contribution in [2.75, 3.05) is 39.8 Å². The van der Waals surface area contributed by atoms with Crippen molar-refractivity contribution in [3.8, 4) is 0 Å². The summed E-state index contributed by atoms with van der Waals surface area (Å²) in [7, 11) is 1.58. The molecule has 0 atom stereocenters. The van der Waals surface area contributed by atoms with E-state index in [1.54, 1.807) is 11.9 Å². The van der Waals surface area contributed by atoms with Gasteiger partial charge in [-0.1, -0.05) is 0 Å². The minimum absolute atomic E-state index is 0.0379. The standard InChI is InChI=1S/C14H18FN3O2/c1-17(10-13(19)18-8-6-16-7-9-18)14(20)11-2-4-12(15)5-3-11/h2-5,16H,6-10H2,1H3. The molecule has 1 aromatic carbocycles. The highest BCUT2D eigenvalue weighted by molar-refractivity contribution is 5.96. The fraction of sp³-hybridized carbons (Fsp3) is 0.429. The molecule has 0 radical (unpaired) electrons. The predicted octanol–water partition coefficient (Wildman–Crippen LogP) is 0.330. The maximum atomic E-state index is 12.8. The zero-order valence-corrected chi connectivity index (χ0v) is 11.4. The highest BCUT2D eigenvalue weighted by atomic mass is 19.1. The molecule has 108 valence electrons. The van der Waals surface area contributed by atoms with Gasteiger partial charge >= 0.3 is 0 Å². The number of nitrogens with zero attached hydrogens (tertiary/aromatic N) is 2. The molecule has 1 aliphatic heterocycles. The molecule has 0 unspecified atom stereocenters. The molecule has 0 saturated carbocycles. The number of amides is 2. The molecule has 0 aliphatic carbocycles. The van der Waals surface area contributed by atoms with Crippen LogP contribution in [0, 0.1) is 5.82 Å². The molecule has 1 N–H and O–H groups in total. The lowest BCUT2D eigenvalue weighted by Gasteiger charge is -2.29. The van der Waals surface area contributed by atoms with E-state index in [9.17, 15) is 14.0 Å². The van der Waals surface area contributed by atoms with Gasteiger partial charge in [-0.2, -0.15) is 0 Å². The normalized spacial score (nSPS) is 15.0. The largest absolute Gasteiger partial charge is 0.339 e. The van der Waals surface area contributed by atoms with E-state index < -0.39 is 0 Å². The molecule has 1 saturated heterocycles. The van der Waals surface area contributed by atoms with Crippen molar-refractivity contribution in [3.05, 3.63) is 35.6 Å². The Morgan fingerprint density at radius 3 is 2.45 bits per heavy atom. The summed E-state index contributed by atoms with van der Waals surface area (Å²) in [6.07, 6.45) is 0. The summed E-state index contributed by atoms with van der Waals surface area (Å²) in [6.45, 7) is 2.92. The van der Waals surface area contributed by atoms with E-state index in [1.165, 1.54) is 29.2 Å². The van der Waals surface area contributed by atoms with Crippen LogP contribution in [0.15, 0.2) is 24.3 Å². The van der Waals surface area contributed by atoms with Crippen LogP contribution < -0.4 is 5.32 Å². The van der Waals surface area contributed by atoms with Gasteiger partial charge < -0.3 is 15.1 Å². The van der Waals surface area contributed by atoms with E-state index in [1.807, 2.05) is 0 Å². The van der Waals surface area contributed by atoms with E-state index in [0.717, 1.165) is 13.1 Å². The van der Waals surface area contributed by atoms with Crippen molar-refractivity contribution < 1.29 is 14.0 Å². The third-order valence-electron chi connectivity index (χ3n) is 3.28. The van der Waals surface area contributed by atoms with Crippen molar-refractivity contribution >= 4 is 11.8 Å². The molecule has 2 rings (SSSR count). The second-order valence-electron chi connectivity index (χ2n) is 4.80. The molecule has 1 fully saturated rings. The molecule has 1 heterocycles. The van der Waals surface area contributed by atoms with Gasteiger partial charge in [-0.05, 0) is 24.3 Å². The van der Waals surface area contributed by atoms with Gasteiger partial charge in [-0.15, -0.1) is 0 Å². The molecule has 2 amide bonds. The SMILES string of the molecule is CN(CC(=O)N1CCNCC1)C(=O)c1ccc(F)cc1. The van der Waals surface area contributed by atoms with Crippen molar-refractivity contribution in [1.29, 1.82) is 0 Å². The summed E-state index contributed by atoms with van der Waals surface area (Å²) in [6, 6.07) is 5.31. The zero-order valence-electron chi connectivity index (χ0n) is 11.4. The monoisotopic (exact) mass is 279 g/mol. The van der Waals surface area contributed by atoms with Gasteiger partial charge in [0.2, 0.25) is 5.91 Å². The van der Waals surface area contributed by atoms with Gasteiger partial charge in [0, 0.05) is 38.8 Å². The fourth-order valence-electron chi connectivity index (χ4n) is 2.10. The molecule has 1 aromatic rings. The van der Waals surface area contributed by atoms with Gasteiger partial charge in [0.05, 0.1) is 6.54 Å². The number of nitrogens with one attached hydrogen (secondary N) is 1. The van der Waals surface area contributed by atoms with Crippen LogP contribution in [0.3, 0.4) is 0 Å². The number of carbonyl (C=O) groups is 2. The van der Waals surface area contributed by atoms with Gasteiger partial charge in [-0.25, -0.2) is 4.39 Å². The molecule has 0 aromatic heterocycles. The van der Waals surface area contributed by atoms with Crippen LogP contribution in [-0.4, -0.2) is 61.4 Å². The Morgan fingerprint density at radius 2 is 1.85 bits per heavy atom. The van der Waals surface area contributed by atoms with Crippen molar-refractivity contribution in [2.24, 2.45) is 0 Å². The highest BCUT2D eigenvalue weighted by Gasteiger charge is 2.20. The van der Waals surface area contributed by atoms with Gasteiger partial charge in [0.25, 0.3) is 5.91 Å². The first-order chi connectivity index (χ1) is 9.58. The molecule has 0 bridgehead atoms. The average molecular weight is 279 g/mol. The van der Waals surface area contributed by atoms with E-state index in [4.69, 9.17) is 0 Å². The number of hydrogen-bond acceptors (Lipinski definition) is 3. The Kier molecular flexibility index (Phi) is 4.68. The molecule has 6 heteroatoms. The minimum Gasteiger partial charge on any atom is -0.339 e. The number of rotatable bonds is 3. The third kappa shape index (κ3) is 3.54. The van der Waals surface area contributed by atoms with Crippen LogP contribution in [0.2, 0.25) is 0 Å². The van der Waals surface area contributed by atoms with E-state index in [2.05, 4.69) is 5.32 Å². The number of halogens is 1. The first-order valence-electron chi connectivity index (χ1n) is 6.57. The fourth-order valence-corrected chi connectivity index (χ4v) is 2.10. The van der Waals surface area contributed by atoms with E-state index in [-0.39, 0.29) is 24.2 Å². The topological polar surface area (TPSA) is 52.7 Å². The summed E-state index contributed by atoms with van der Waals surface area (Å²) in [5.74, 6) is -0.737. The van der Waals surface area contributed by atoms with Gasteiger partial charge in [0.1, 0.15) is 5.82 Å². The zero-order chi connectivity index (χ0) is 14.5. The van der Waals surface area contributed by atoms with Crippen LogP contribution in [0.5, 0.6) is 0 Å².